The molecule has 91 heavy (non-hydrogen) atoms. The lowest BCUT2D eigenvalue weighted by atomic mass is 9.96. The van der Waals surface area contributed by atoms with Crippen molar-refractivity contribution in [1.29, 1.82) is 0 Å². The molecule has 508 valence electrons. The highest BCUT2D eigenvalue weighted by molar-refractivity contribution is 6.01. The van der Waals surface area contributed by atoms with E-state index in [0.717, 1.165) is 48.8 Å². The fourth-order valence-corrected chi connectivity index (χ4v) is 10.4. The molecule has 1 unspecified atom stereocenters. The second-order valence-corrected chi connectivity index (χ2v) is 23.6. The molecule has 3 rings (SSSR count). The molecule has 33 nitrogen and oxygen atoms in total. The number of nitrogens with two attached hydrogens (primary N) is 1. The number of carboxylic acids is 4. The van der Waals surface area contributed by atoms with Crippen LogP contribution < -0.4 is 58.9 Å². The van der Waals surface area contributed by atoms with Crippen molar-refractivity contribution in [3.63, 3.8) is 0 Å². The summed E-state index contributed by atoms with van der Waals surface area (Å²) in [5, 5.41) is 62.2. The van der Waals surface area contributed by atoms with Gasteiger partial charge in [-0.15, -0.1) is 0 Å². The van der Waals surface area contributed by atoms with Crippen LogP contribution in [0, 0.1) is 17.8 Å². The largest absolute Gasteiger partial charge is 0.481 e. The van der Waals surface area contributed by atoms with Crippen molar-refractivity contribution in [2.45, 2.75) is 211 Å². The van der Waals surface area contributed by atoms with Crippen molar-refractivity contribution >= 4 is 94.8 Å². The number of unbranched alkanes of at least 4 members (excludes halogenated alkanes) is 3. The summed E-state index contributed by atoms with van der Waals surface area (Å²) in [5.74, 6) is -21.9. The van der Waals surface area contributed by atoms with Crippen LogP contribution in [0.1, 0.15) is 145 Å². The zero-order valence-corrected chi connectivity index (χ0v) is 52.5. The topological polar surface area (TPSA) is 507 Å². The van der Waals surface area contributed by atoms with Crippen molar-refractivity contribution in [3.05, 3.63) is 12.2 Å². The van der Waals surface area contributed by atoms with Crippen molar-refractivity contribution in [2.75, 3.05) is 26.2 Å². The van der Waals surface area contributed by atoms with Gasteiger partial charge in [0.05, 0.1) is 44.3 Å². The quantitative estimate of drug-likeness (QED) is 0.0371. The lowest BCUT2D eigenvalue weighted by Crippen LogP contribution is -2.66. The maximum absolute atomic E-state index is 15.2. The fourth-order valence-electron chi connectivity index (χ4n) is 10.4. The number of hydrogen-bond donors (Lipinski definition) is 15. The maximum Gasteiger partial charge on any atom is 0.308 e. The smallest absolute Gasteiger partial charge is 0.308 e. The van der Waals surface area contributed by atoms with Crippen LogP contribution in [0.4, 0.5) is 0 Å². The summed E-state index contributed by atoms with van der Waals surface area (Å²) in [6.07, 6.45) is 5.96. The van der Waals surface area contributed by atoms with E-state index in [9.17, 15) is 92.3 Å². The van der Waals surface area contributed by atoms with E-state index in [1.165, 1.54) is 13.8 Å². The van der Waals surface area contributed by atoms with E-state index in [1.807, 2.05) is 10.6 Å². The maximum atomic E-state index is 15.2. The Kier molecular flexibility index (Phi) is 31.4. The minimum Gasteiger partial charge on any atom is -0.481 e. The first kappa shape index (κ1) is 76.5. The van der Waals surface area contributed by atoms with Crippen molar-refractivity contribution in [1.82, 2.24) is 63.0 Å². The van der Waals surface area contributed by atoms with E-state index in [1.54, 1.807) is 26.0 Å². The second-order valence-electron chi connectivity index (χ2n) is 23.6. The number of piperidine rings is 1. The molecule has 3 aliphatic rings. The Labute approximate surface area is 526 Å². The molecule has 33 heteroatoms. The number of hydrogen-bond acceptors (Lipinski definition) is 17. The standard InChI is InChI=1S/C58H91N13O20/c1-8-30(4)18-13-11-9-10-12-14-21-39(72)63-36(26-44(79)80)51(83)69-48-33(7)62-52(84)38-20-17-23-71(38)56(88)45(29(2)3)67-55(87)47(32(6)59)66-41(74)28-61-49(81)34(24-42(75)76)64-40(73)27-60-50(82)35(25-43(77)78)65-54(86)46(31(5)58(90)91)68-53(85)37-19-15-16-22-70(37)57(48)89/h12,14,29-38,45-48H,8-11,13,15-28,59H2,1-7H3,(H,60,82)(H,61,81)(H,62,84)(H,63,72)(H,64,73)(H,65,86)(H,66,74)(H,67,87)(H,68,85)(H,69,83)(H,75,76)(H,77,78)(H,79,80)(H,90,91)/t30?,31-,32+,33+,34-,35-,36-,37+,38-,45-,46-,47+,48-/m0/s1. The molecule has 0 aromatic heterocycles. The first-order chi connectivity index (χ1) is 42.8. The molecule has 0 spiro atoms. The van der Waals surface area contributed by atoms with Crippen LogP contribution in [-0.4, -0.2) is 218 Å². The fraction of sp³-hybridized carbons (Fsp3) is 0.690. The van der Waals surface area contributed by atoms with Gasteiger partial charge in [0.25, 0.3) is 0 Å². The van der Waals surface area contributed by atoms with Gasteiger partial charge in [-0.1, -0.05) is 65.5 Å². The zero-order chi connectivity index (χ0) is 68.4. The SMILES string of the molecule is CCC(C)CCCCCC=CCC(=O)N[C@@H](CC(=O)O)C(=O)N[C@@H]1C(=O)N2CCCC[C@@H]2C(=O)N[C@@H]([C@H](C)C(=O)O)C(=O)N[C@@H](CC(=O)O)C(=O)NCC(=O)N[C@@H](CC(=O)O)C(=O)NCC(=O)N[C@H]([C@@H](C)N)C(=O)N[C@@H](C(C)C)C(=O)N2CCC[C@H]2C(=O)N[C@@H]1C. The third-order valence-electron chi connectivity index (χ3n) is 15.8. The minimum atomic E-state index is -2.15. The Morgan fingerprint density at radius 2 is 1.14 bits per heavy atom. The van der Waals surface area contributed by atoms with Crippen molar-refractivity contribution in [3.8, 4) is 0 Å². The van der Waals surface area contributed by atoms with Crippen LogP contribution in [0.25, 0.3) is 0 Å². The van der Waals surface area contributed by atoms with Crippen LogP contribution in [0.15, 0.2) is 12.2 Å². The van der Waals surface area contributed by atoms with Gasteiger partial charge in [0, 0.05) is 25.6 Å². The third kappa shape index (κ3) is 24.8. The Bertz CT molecular complexity index is 2710. The number of amides is 12. The highest BCUT2D eigenvalue weighted by Crippen LogP contribution is 2.24. The number of aliphatic carboxylic acids is 4. The number of carbonyl (C=O) groups excluding carboxylic acids is 12. The summed E-state index contributed by atoms with van der Waals surface area (Å²) >= 11 is 0. The summed E-state index contributed by atoms with van der Waals surface area (Å²) in [7, 11) is 0. The molecule has 3 saturated heterocycles. The highest BCUT2D eigenvalue weighted by atomic mass is 16.4. The Hall–Kier alpha value is -8.78. The van der Waals surface area contributed by atoms with Crippen molar-refractivity contribution < 1.29 is 97.1 Å². The average Bonchev–Trinajstić information content (AvgIpc) is 1.82. The molecule has 0 aromatic rings. The summed E-state index contributed by atoms with van der Waals surface area (Å²) in [6, 6.07) is -18.5. The monoisotopic (exact) mass is 1290 g/mol. The van der Waals surface area contributed by atoms with Crippen molar-refractivity contribution in [2.24, 2.45) is 23.5 Å². The highest BCUT2D eigenvalue weighted by Gasteiger charge is 2.45. The molecule has 3 aliphatic heterocycles. The van der Waals surface area contributed by atoms with Crippen LogP contribution >= 0.6 is 0 Å². The molecule has 12 amide bonds. The molecule has 0 aliphatic carbocycles. The summed E-state index contributed by atoms with van der Waals surface area (Å²) in [5.41, 5.74) is 6.11. The van der Waals surface area contributed by atoms with Crippen LogP contribution in [0.2, 0.25) is 0 Å². The molecule has 13 atom stereocenters. The third-order valence-corrected chi connectivity index (χ3v) is 15.8. The van der Waals surface area contributed by atoms with E-state index < -0.39 is 205 Å². The molecule has 0 radical (unpaired) electrons. The molecular formula is C58H91N13O20. The van der Waals surface area contributed by atoms with Gasteiger partial charge in [0.1, 0.15) is 54.4 Å². The van der Waals surface area contributed by atoms with Gasteiger partial charge in [-0.25, -0.2) is 0 Å². The summed E-state index contributed by atoms with van der Waals surface area (Å²) in [4.78, 5) is 218. The molecule has 0 saturated carbocycles. The number of carboxylic acid groups (broad SMARTS) is 4. The van der Waals surface area contributed by atoms with Gasteiger partial charge in [-0.3, -0.25) is 76.7 Å². The first-order valence-electron chi connectivity index (χ1n) is 30.6. The molecule has 0 aromatic carbocycles. The average molecular weight is 1290 g/mol. The van der Waals surface area contributed by atoms with E-state index in [-0.39, 0.29) is 51.6 Å². The number of carbonyl (C=O) groups is 16. The van der Waals surface area contributed by atoms with Gasteiger partial charge < -0.3 is 89.1 Å². The van der Waals surface area contributed by atoms with Crippen LogP contribution in [0.5, 0.6) is 0 Å². The van der Waals surface area contributed by atoms with Gasteiger partial charge in [-0.2, -0.15) is 0 Å². The number of allylic oxidation sites excluding steroid dienone is 1. The number of nitrogens with zero attached hydrogens (tertiary/aromatic N) is 2. The van der Waals surface area contributed by atoms with E-state index in [2.05, 4.69) is 56.4 Å². The van der Waals surface area contributed by atoms with Gasteiger partial charge in [0.2, 0.25) is 70.9 Å². The predicted molar refractivity (Wildman–Crippen MR) is 320 cm³/mol. The number of nitrogens with one attached hydrogen (secondary N) is 10. The van der Waals surface area contributed by atoms with Crippen LogP contribution in [0.3, 0.4) is 0 Å². The molecule has 0 bridgehead atoms. The normalized spacial score (nSPS) is 25.6. The van der Waals surface area contributed by atoms with Crippen LogP contribution in [-0.2, 0) is 76.7 Å². The number of fused-ring (bicyclic) bond motifs is 2. The lowest BCUT2D eigenvalue weighted by molar-refractivity contribution is -0.150. The van der Waals surface area contributed by atoms with Gasteiger partial charge in [-0.05, 0) is 77.6 Å². The van der Waals surface area contributed by atoms with E-state index in [4.69, 9.17) is 5.73 Å². The minimum absolute atomic E-state index is 0.0221. The van der Waals surface area contributed by atoms with Gasteiger partial charge >= 0.3 is 23.9 Å². The zero-order valence-electron chi connectivity index (χ0n) is 52.5. The Morgan fingerprint density at radius 3 is 1.70 bits per heavy atom. The summed E-state index contributed by atoms with van der Waals surface area (Å²) < 4.78 is 0. The van der Waals surface area contributed by atoms with E-state index >= 15 is 4.79 Å². The first-order valence-corrected chi connectivity index (χ1v) is 30.6. The molecular weight excluding hydrogens is 1200 g/mol. The predicted octanol–water partition coefficient (Wildman–Crippen LogP) is -3.41. The molecule has 3 heterocycles. The molecule has 16 N–H and O–H groups in total. The Balaban J connectivity index is 2.17. The number of rotatable bonds is 22. The summed E-state index contributed by atoms with van der Waals surface area (Å²) in [6.45, 7) is 8.66. The lowest BCUT2D eigenvalue weighted by Gasteiger charge is -2.39. The van der Waals surface area contributed by atoms with Gasteiger partial charge in [0.15, 0.2) is 0 Å². The molecule has 3 fully saturated rings. The Morgan fingerprint density at radius 1 is 0.604 bits per heavy atom. The van der Waals surface area contributed by atoms with E-state index in [0.29, 0.717) is 12.3 Å². The second kappa shape index (κ2) is 37.4.